The quantitative estimate of drug-likeness (QED) is 0.744. The van der Waals surface area contributed by atoms with Crippen LogP contribution in [0.3, 0.4) is 0 Å². The average Bonchev–Trinajstić information content (AvgIpc) is 3.09. The van der Waals surface area contributed by atoms with Gasteiger partial charge in [0.2, 0.25) is 0 Å². The molecule has 0 radical (unpaired) electrons. The highest BCUT2D eigenvalue weighted by Crippen LogP contribution is 2.25. The number of aryl methyl sites for hydroxylation is 1. The summed E-state index contributed by atoms with van der Waals surface area (Å²) in [5.74, 6) is -0.145. The predicted octanol–water partition coefficient (Wildman–Crippen LogP) is 1.30. The normalized spacial score (nSPS) is 19.9. The monoisotopic (exact) mass is 420 g/mol. The first-order chi connectivity index (χ1) is 13.9. The zero-order valence-corrected chi connectivity index (χ0v) is 17.8. The van der Waals surface area contributed by atoms with Crippen LogP contribution >= 0.6 is 0 Å². The summed E-state index contributed by atoms with van der Waals surface area (Å²) >= 11 is 0. The minimum Gasteiger partial charge on any atom is -0.336 e. The molecule has 10 heteroatoms. The highest BCUT2D eigenvalue weighted by atomic mass is 32.2. The van der Waals surface area contributed by atoms with Crippen molar-refractivity contribution in [2.24, 2.45) is 0 Å². The van der Waals surface area contributed by atoms with E-state index in [0.717, 1.165) is 25.7 Å². The molecule has 0 N–H and O–H groups in total. The number of hydrogen-bond acceptors (Lipinski definition) is 5. The first-order valence-corrected chi connectivity index (χ1v) is 11.6. The predicted molar refractivity (Wildman–Crippen MR) is 109 cm³/mol. The molecule has 2 aromatic rings. The number of carbonyl (C=O) groups is 1. The van der Waals surface area contributed by atoms with Gasteiger partial charge >= 0.3 is 0 Å². The Labute approximate surface area is 171 Å². The lowest BCUT2D eigenvalue weighted by Crippen LogP contribution is -2.55. The average molecular weight is 421 g/mol. The largest absolute Gasteiger partial charge is 0.336 e. The molecule has 0 spiro atoms. The Hall–Kier alpha value is -2.04. The van der Waals surface area contributed by atoms with Crippen LogP contribution in [-0.2, 0) is 10.2 Å². The van der Waals surface area contributed by atoms with Crippen LogP contribution in [0.15, 0.2) is 18.5 Å². The number of rotatable bonds is 4. The van der Waals surface area contributed by atoms with Gasteiger partial charge in [0.05, 0.1) is 5.69 Å². The summed E-state index contributed by atoms with van der Waals surface area (Å²) in [7, 11) is -1.82. The fourth-order valence-electron chi connectivity index (χ4n) is 4.34. The fraction of sp³-hybridized carbons (Fsp3) is 0.632. The van der Waals surface area contributed by atoms with E-state index in [9.17, 15) is 13.2 Å². The van der Waals surface area contributed by atoms with Crippen LogP contribution in [0.1, 0.15) is 48.2 Å². The molecule has 158 valence electrons. The molecule has 9 nitrogen and oxygen atoms in total. The van der Waals surface area contributed by atoms with Crippen molar-refractivity contribution in [1.29, 1.82) is 0 Å². The molecule has 1 aliphatic heterocycles. The maximum Gasteiger partial charge on any atom is 0.282 e. The van der Waals surface area contributed by atoms with Crippen molar-refractivity contribution in [2.75, 3.05) is 33.2 Å². The molecule has 1 saturated carbocycles. The van der Waals surface area contributed by atoms with Gasteiger partial charge in [0.1, 0.15) is 5.56 Å². The number of nitrogens with zero attached hydrogens (tertiary/aromatic N) is 6. The zero-order chi connectivity index (χ0) is 20.6. The van der Waals surface area contributed by atoms with Crippen molar-refractivity contribution in [3.63, 3.8) is 0 Å². The molecule has 3 heterocycles. The summed E-state index contributed by atoms with van der Waals surface area (Å²) in [4.78, 5) is 19.1. The zero-order valence-electron chi connectivity index (χ0n) is 17.0. The van der Waals surface area contributed by atoms with Crippen LogP contribution in [0.4, 0.5) is 0 Å². The van der Waals surface area contributed by atoms with Crippen LogP contribution in [0.5, 0.6) is 0 Å². The lowest BCUT2D eigenvalue weighted by molar-refractivity contribution is 0.0694. The van der Waals surface area contributed by atoms with E-state index >= 15 is 0 Å². The molecule has 0 atom stereocenters. The lowest BCUT2D eigenvalue weighted by Gasteiger charge is -2.38. The van der Waals surface area contributed by atoms with E-state index in [-0.39, 0.29) is 11.9 Å². The maximum absolute atomic E-state index is 13.1. The SMILES string of the molecule is Cc1nn2cccnc2c1C(=O)N1CCN(S(=O)(=O)N(C)C2CCCCC2)CC1. The Morgan fingerprint density at radius 3 is 2.52 bits per heavy atom. The number of hydrogen-bond donors (Lipinski definition) is 0. The number of fused-ring (bicyclic) bond motifs is 1. The number of piperazine rings is 1. The molecule has 2 aromatic heterocycles. The topological polar surface area (TPSA) is 91.1 Å². The second-order valence-electron chi connectivity index (χ2n) is 7.86. The molecule has 1 saturated heterocycles. The van der Waals surface area contributed by atoms with Gasteiger partial charge in [-0.3, -0.25) is 4.79 Å². The van der Waals surface area contributed by atoms with Crippen molar-refractivity contribution in [3.05, 3.63) is 29.7 Å². The Bertz CT molecular complexity index is 991. The van der Waals surface area contributed by atoms with Gasteiger partial charge in [-0.25, -0.2) is 9.50 Å². The standard InChI is InChI=1S/C19H28N6O3S/c1-15-17(18-20-9-6-10-25(18)21-15)19(26)23-11-13-24(14-12-23)29(27,28)22(2)16-7-4-3-5-8-16/h6,9-10,16H,3-5,7-8,11-14H2,1-2H3. The number of aromatic nitrogens is 3. The second-order valence-corrected chi connectivity index (χ2v) is 9.84. The first-order valence-electron chi connectivity index (χ1n) is 10.2. The third kappa shape index (κ3) is 3.76. The molecular formula is C19H28N6O3S. The summed E-state index contributed by atoms with van der Waals surface area (Å²) in [6.07, 6.45) is 8.60. The smallest absolute Gasteiger partial charge is 0.282 e. The van der Waals surface area contributed by atoms with Gasteiger partial charge in [-0.15, -0.1) is 0 Å². The van der Waals surface area contributed by atoms with Crippen LogP contribution in [-0.4, -0.2) is 81.7 Å². The molecule has 4 rings (SSSR count). The molecule has 1 amide bonds. The van der Waals surface area contributed by atoms with Crippen molar-refractivity contribution in [3.8, 4) is 0 Å². The van der Waals surface area contributed by atoms with Crippen molar-refractivity contribution < 1.29 is 13.2 Å². The maximum atomic E-state index is 13.1. The molecule has 2 fully saturated rings. The molecular weight excluding hydrogens is 392 g/mol. The van der Waals surface area contributed by atoms with E-state index in [0.29, 0.717) is 43.1 Å². The highest BCUT2D eigenvalue weighted by molar-refractivity contribution is 7.86. The summed E-state index contributed by atoms with van der Waals surface area (Å²) in [5, 5.41) is 4.35. The summed E-state index contributed by atoms with van der Waals surface area (Å²) in [6, 6.07) is 1.85. The van der Waals surface area contributed by atoms with Gasteiger partial charge in [-0.05, 0) is 25.8 Å². The van der Waals surface area contributed by atoms with Crippen molar-refractivity contribution in [2.45, 2.75) is 45.1 Å². The first kappa shape index (κ1) is 20.2. The van der Waals surface area contributed by atoms with Crippen LogP contribution < -0.4 is 0 Å². The van der Waals surface area contributed by atoms with Crippen LogP contribution in [0.2, 0.25) is 0 Å². The third-order valence-corrected chi connectivity index (χ3v) is 8.13. The highest BCUT2D eigenvalue weighted by Gasteiger charge is 2.36. The van der Waals surface area contributed by atoms with Gasteiger partial charge in [0.15, 0.2) is 5.65 Å². The van der Waals surface area contributed by atoms with Crippen LogP contribution in [0.25, 0.3) is 5.65 Å². The minimum absolute atomic E-state index is 0.0842. The van der Waals surface area contributed by atoms with Gasteiger partial charge in [0, 0.05) is 51.7 Å². The van der Waals surface area contributed by atoms with E-state index in [4.69, 9.17) is 0 Å². The summed E-state index contributed by atoms with van der Waals surface area (Å²) < 4.78 is 30.7. The fourth-order valence-corrected chi connectivity index (χ4v) is 5.92. The Kier molecular flexibility index (Phi) is 5.58. The Morgan fingerprint density at radius 2 is 1.83 bits per heavy atom. The number of amides is 1. The lowest BCUT2D eigenvalue weighted by atomic mass is 9.96. The van der Waals surface area contributed by atoms with E-state index in [2.05, 4.69) is 10.1 Å². The van der Waals surface area contributed by atoms with Crippen LogP contribution in [0, 0.1) is 6.92 Å². The van der Waals surface area contributed by atoms with Gasteiger partial charge in [-0.1, -0.05) is 19.3 Å². The van der Waals surface area contributed by atoms with Gasteiger partial charge < -0.3 is 4.90 Å². The summed E-state index contributed by atoms with van der Waals surface area (Å²) in [5.41, 5.74) is 1.64. The third-order valence-electron chi connectivity index (χ3n) is 6.09. The van der Waals surface area contributed by atoms with E-state index in [1.54, 1.807) is 46.2 Å². The Balaban J connectivity index is 1.45. The van der Waals surface area contributed by atoms with E-state index in [1.165, 1.54) is 10.7 Å². The van der Waals surface area contributed by atoms with E-state index < -0.39 is 10.2 Å². The Morgan fingerprint density at radius 1 is 1.14 bits per heavy atom. The molecule has 1 aliphatic carbocycles. The second kappa shape index (κ2) is 8.00. The molecule has 29 heavy (non-hydrogen) atoms. The molecule has 0 bridgehead atoms. The minimum atomic E-state index is -3.51. The van der Waals surface area contributed by atoms with Crippen molar-refractivity contribution in [1.82, 2.24) is 28.1 Å². The van der Waals surface area contributed by atoms with Crippen molar-refractivity contribution >= 4 is 21.8 Å². The molecule has 0 unspecified atom stereocenters. The molecule has 0 aromatic carbocycles. The summed E-state index contributed by atoms with van der Waals surface area (Å²) in [6.45, 7) is 3.12. The van der Waals surface area contributed by atoms with Gasteiger partial charge in [0.25, 0.3) is 16.1 Å². The van der Waals surface area contributed by atoms with Gasteiger partial charge in [-0.2, -0.15) is 22.1 Å². The van der Waals surface area contributed by atoms with E-state index in [1.807, 2.05) is 0 Å². The molecule has 2 aliphatic rings. The number of carbonyl (C=O) groups excluding carboxylic acids is 1.